The molecule has 8 nitrogen and oxygen atoms in total. The Morgan fingerprint density at radius 1 is 1.53 bits per heavy atom. The lowest BCUT2D eigenvalue weighted by Crippen LogP contribution is -2.37. The number of ether oxygens (including phenoxy) is 2. The molecule has 1 fully saturated rings. The molecule has 0 spiro atoms. The number of aliphatic hydroxyl groups is 1. The van der Waals surface area contributed by atoms with Crippen LogP contribution in [-0.2, 0) is 9.53 Å². The van der Waals surface area contributed by atoms with Gasteiger partial charge in [0.15, 0.2) is 5.01 Å². The Bertz CT molecular complexity index is 1090. The van der Waals surface area contributed by atoms with Crippen molar-refractivity contribution < 1.29 is 24.2 Å². The molecular formula is C21H21N3O5S. The lowest BCUT2D eigenvalue weighted by Gasteiger charge is -2.13. The number of hydrogen-bond donors (Lipinski definition) is 2. The molecule has 1 aromatic heterocycles. The van der Waals surface area contributed by atoms with Gasteiger partial charge in [0.2, 0.25) is 5.60 Å². The number of likely N-dealkylation sites (tertiary alicyclic amines) is 1. The van der Waals surface area contributed by atoms with Gasteiger partial charge in [-0.1, -0.05) is 11.8 Å². The van der Waals surface area contributed by atoms with Crippen LogP contribution in [0.4, 0.5) is 0 Å². The summed E-state index contributed by atoms with van der Waals surface area (Å²) in [5, 5.41) is 10.7. The summed E-state index contributed by atoms with van der Waals surface area (Å²) in [4.78, 5) is 30.6. The predicted molar refractivity (Wildman–Crippen MR) is 110 cm³/mol. The fourth-order valence-electron chi connectivity index (χ4n) is 3.56. The minimum Gasteiger partial charge on any atom is -0.492 e. The van der Waals surface area contributed by atoms with Gasteiger partial charge in [-0.25, -0.2) is 4.98 Å². The number of nitrogens with two attached hydrogens (primary N) is 1. The first-order valence-electron chi connectivity index (χ1n) is 9.40. The van der Waals surface area contributed by atoms with Crippen LogP contribution in [0.25, 0.3) is 11.3 Å². The molecule has 2 aliphatic heterocycles. The molecule has 0 aliphatic carbocycles. The maximum Gasteiger partial charge on any atom is 0.277 e. The number of primary amides is 1. The van der Waals surface area contributed by atoms with Gasteiger partial charge < -0.3 is 25.2 Å². The quantitative estimate of drug-likeness (QED) is 0.706. The Kier molecular flexibility index (Phi) is 5.24. The summed E-state index contributed by atoms with van der Waals surface area (Å²) in [7, 11) is 3.24. The molecule has 4 rings (SSSR count). The van der Waals surface area contributed by atoms with Gasteiger partial charge in [-0.2, -0.15) is 0 Å². The van der Waals surface area contributed by atoms with Crippen LogP contribution < -0.4 is 10.5 Å². The Morgan fingerprint density at radius 2 is 2.33 bits per heavy atom. The molecule has 0 bridgehead atoms. The van der Waals surface area contributed by atoms with Crippen molar-refractivity contribution in [1.29, 1.82) is 0 Å². The molecule has 2 atom stereocenters. The third-order valence-corrected chi connectivity index (χ3v) is 6.43. The first-order valence-corrected chi connectivity index (χ1v) is 10.2. The van der Waals surface area contributed by atoms with Crippen molar-refractivity contribution in [2.45, 2.75) is 17.9 Å². The van der Waals surface area contributed by atoms with Crippen molar-refractivity contribution in [2.24, 2.45) is 5.73 Å². The van der Waals surface area contributed by atoms with Gasteiger partial charge >= 0.3 is 0 Å². The van der Waals surface area contributed by atoms with E-state index in [4.69, 9.17) is 15.2 Å². The second-order valence-corrected chi connectivity index (χ2v) is 8.39. The highest BCUT2D eigenvalue weighted by Gasteiger charge is 2.42. The Morgan fingerprint density at radius 3 is 3.00 bits per heavy atom. The second-order valence-electron chi connectivity index (χ2n) is 7.36. The number of thiazole rings is 1. The summed E-state index contributed by atoms with van der Waals surface area (Å²) in [5.41, 5.74) is 5.67. The molecular weight excluding hydrogens is 406 g/mol. The highest BCUT2D eigenvalue weighted by molar-refractivity contribution is 7.14. The molecule has 156 valence electrons. The zero-order chi connectivity index (χ0) is 21.5. The van der Waals surface area contributed by atoms with Crippen LogP contribution in [0.15, 0.2) is 18.2 Å². The van der Waals surface area contributed by atoms with Gasteiger partial charge in [0.25, 0.3) is 11.8 Å². The minimum absolute atomic E-state index is 0.0927. The largest absolute Gasteiger partial charge is 0.492 e. The van der Waals surface area contributed by atoms with Crippen molar-refractivity contribution in [2.75, 3.05) is 33.9 Å². The highest BCUT2D eigenvalue weighted by Crippen LogP contribution is 2.42. The zero-order valence-electron chi connectivity index (χ0n) is 16.6. The van der Waals surface area contributed by atoms with Crippen molar-refractivity contribution in [3.05, 3.63) is 33.6 Å². The molecule has 2 aromatic rings. The maximum absolute atomic E-state index is 12.1. The average molecular weight is 427 g/mol. The van der Waals surface area contributed by atoms with Crippen molar-refractivity contribution >= 4 is 23.2 Å². The zero-order valence-corrected chi connectivity index (χ0v) is 17.4. The van der Waals surface area contributed by atoms with Gasteiger partial charge in [-0.3, -0.25) is 9.59 Å². The van der Waals surface area contributed by atoms with Crippen molar-refractivity contribution in [3.8, 4) is 28.8 Å². The van der Waals surface area contributed by atoms with E-state index in [1.54, 1.807) is 32.4 Å². The summed E-state index contributed by atoms with van der Waals surface area (Å²) in [5.74, 6) is 5.14. The number of aromatic nitrogens is 1. The monoisotopic (exact) mass is 427 g/mol. The topological polar surface area (TPSA) is 115 Å². The number of hydrogen-bond acceptors (Lipinski definition) is 7. The molecule has 0 saturated carbocycles. The third-order valence-electron chi connectivity index (χ3n) is 5.20. The number of benzene rings is 1. The fourth-order valence-corrected chi connectivity index (χ4v) is 4.56. The summed E-state index contributed by atoms with van der Waals surface area (Å²) in [6, 6.07) is 5.32. The predicted octanol–water partition coefficient (Wildman–Crippen LogP) is 0.976. The SMILES string of the molecule is COC[C@H]1COc2ccc(C#C[C@]3(O)CCN(C)C3=O)cc2-c2nc(C(N)=O)sc21. The minimum atomic E-state index is -1.67. The van der Waals surface area contributed by atoms with Crippen LogP contribution in [0.2, 0.25) is 0 Å². The van der Waals surface area contributed by atoms with Crippen LogP contribution in [-0.4, -0.2) is 66.3 Å². The number of carbonyl (C=O) groups excluding carboxylic acids is 2. The Balaban J connectivity index is 1.76. The van der Waals surface area contributed by atoms with E-state index in [0.717, 1.165) is 4.88 Å². The van der Waals surface area contributed by atoms with Crippen LogP contribution in [0.1, 0.15) is 32.6 Å². The van der Waals surface area contributed by atoms with Crippen LogP contribution in [0, 0.1) is 11.8 Å². The van der Waals surface area contributed by atoms with E-state index in [-0.39, 0.29) is 17.3 Å². The number of rotatable bonds is 3. The summed E-state index contributed by atoms with van der Waals surface area (Å²) in [6.07, 6.45) is 0.264. The number of fused-ring (bicyclic) bond motifs is 3. The lowest BCUT2D eigenvalue weighted by atomic mass is 10.0. The maximum atomic E-state index is 12.1. The molecule has 9 heteroatoms. The van der Waals surface area contributed by atoms with Gasteiger partial charge in [0.1, 0.15) is 5.75 Å². The molecule has 1 saturated heterocycles. The third kappa shape index (κ3) is 3.54. The van der Waals surface area contributed by atoms with E-state index in [1.807, 2.05) is 0 Å². The van der Waals surface area contributed by atoms with Gasteiger partial charge in [-0.05, 0) is 18.2 Å². The van der Waals surface area contributed by atoms with E-state index in [9.17, 15) is 14.7 Å². The number of amides is 2. The first-order chi connectivity index (χ1) is 14.3. The standard InChI is InChI=1S/C21H21N3O5S/c1-24-8-7-21(27,20(24)26)6-5-12-3-4-15-14(9-12)16-17(13(10-28-2)11-29-15)30-19(23-16)18(22)25/h3-4,9,13,27H,7-8,10-11H2,1-2H3,(H2,22,25)/t13-,21-/m0/s1. The molecule has 0 unspecified atom stereocenters. The van der Waals surface area contributed by atoms with Crippen molar-refractivity contribution in [1.82, 2.24) is 9.88 Å². The van der Waals surface area contributed by atoms with Gasteiger partial charge in [-0.15, -0.1) is 11.3 Å². The number of methoxy groups -OCH3 is 1. The van der Waals surface area contributed by atoms with Crippen LogP contribution in [0.5, 0.6) is 5.75 Å². The number of likely N-dealkylation sites (N-methyl/N-ethyl adjacent to an activating group) is 1. The normalized spacial score (nSPS) is 22.4. The Labute approximate surface area is 177 Å². The van der Waals surface area contributed by atoms with E-state index in [1.165, 1.54) is 16.2 Å². The first kappa shape index (κ1) is 20.3. The van der Waals surface area contributed by atoms with Crippen molar-refractivity contribution in [3.63, 3.8) is 0 Å². The lowest BCUT2D eigenvalue weighted by molar-refractivity contribution is -0.137. The molecule has 2 aliphatic rings. The average Bonchev–Trinajstić information content (AvgIpc) is 3.24. The molecule has 3 heterocycles. The van der Waals surface area contributed by atoms with E-state index in [2.05, 4.69) is 16.8 Å². The van der Waals surface area contributed by atoms with Gasteiger partial charge in [0.05, 0.1) is 24.8 Å². The molecule has 2 amide bonds. The Hall–Kier alpha value is -2.93. The van der Waals surface area contributed by atoms with E-state index in [0.29, 0.717) is 42.3 Å². The summed E-state index contributed by atoms with van der Waals surface area (Å²) >= 11 is 1.24. The van der Waals surface area contributed by atoms with Crippen LogP contribution in [0.3, 0.4) is 0 Å². The van der Waals surface area contributed by atoms with E-state index < -0.39 is 17.4 Å². The number of nitrogens with zero attached hydrogens (tertiary/aromatic N) is 2. The molecule has 30 heavy (non-hydrogen) atoms. The highest BCUT2D eigenvalue weighted by atomic mass is 32.1. The number of carbonyl (C=O) groups is 2. The summed E-state index contributed by atoms with van der Waals surface area (Å²) < 4.78 is 11.3. The molecule has 0 radical (unpaired) electrons. The summed E-state index contributed by atoms with van der Waals surface area (Å²) in [6.45, 7) is 1.25. The molecule has 3 N–H and O–H groups in total. The fraction of sp³-hybridized carbons (Fsp3) is 0.381. The van der Waals surface area contributed by atoms with E-state index >= 15 is 0 Å². The van der Waals surface area contributed by atoms with Gasteiger partial charge in [0, 0.05) is 43.1 Å². The second kappa shape index (κ2) is 7.72. The molecule has 1 aromatic carbocycles. The van der Waals surface area contributed by atoms with Crippen LogP contribution >= 0.6 is 11.3 Å². The smallest absolute Gasteiger partial charge is 0.277 e.